The summed E-state index contributed by atoms with van der Waals surface area (Å²) in [6, 6.07) is 0. The molecule has 2 N–H and O–H groups in total. The second-order valence-electron chi connectivity index (χ2n) is 3.03. The molecule has 5 heteroatoms. The second kappa shape index (κ2) is 5.04. The number of carbonyl (C=O) groups is 1. The van der Waals surface area contributed by atoms with E-state index >= 15 is 0 Å². The highest BCUT2D eigenvalue weighted by atomic mass is 16.6. The van der Waals surface area contributed by atoms with Crippen molar-refractivity contribution in [2.24, 2.45) is 5.73 Å². The van der Waals surface area contributed by atoms with Crippen molar-refractivity contribution in [2.45, 2.75) is 12.5 Å². The molecule has 0 radical (unpaired) electrons. The first-order valence-electron chi connectivity index (χ1n) is 4.42. The quantitative estimate of drug-likeness (QED) is 0.607. The topological polar surface area (TPSA) is 64.8 Å². The standard InChI is InChI=1S/C8H16N2O3/c1-12-4-2-3-10-6-7(5-9)13-8(10)11/h7H,2-6,9H2,1H3. The number of nitrogens with zero attached hydrogens (tertiary/aromatic N) is 1. The van der Waals surface area contributed by atoms with Crippen molar-refractivity contribution in [3.63, 3.8) is 0 Å². The van der Waals surface area contributed by atoms with Crippen LogP contribution in [0.4, 0.5) is 4.79 Å². The van der Waals surface area contributed by atoms with Gasteiger partial charge in [-0.15, -0.1) is 0 Å². The zero-order valence-corrected chi connectivity index (χ0v) is 7.86. The Kier molecular flexibility index (Phi) is 3.98. The van der Waals surface area contributed by atoms with E-state index in [9.17, 15) is 4.79 Å². The molecule has 0 bridgehead atoms. The predicted octanol–water partition coefficient (Wildman–Crippen LogP) is -0.198. The van der Waals surface area contributed by atoms with Crippen LogP contribution in [0.25, 0.3) is 0 Å². The third-order valence-corrected chi connectivity index (χ3v) is 1.99. The maximum atomic E-state index is 11.1. The minimum absolute atomic E-state index is 0.130. The summed E-state index contributed by atoms with van der Waals surface area (Å²) in [5, 5.41) is 0. The zero-order valence-electron chi connectivity index (χ0n) is 7.86. The van der Waals surface area contributed by atoms with Crippen LogP contribution in [0.3, 0.4) is 0 Å². The Bertz CT molecular complexity index is 175. The summed E-state index contributed by atoms with van der Waals surface area (Å²) in [7, 11) is 1.64. The summed E-state index contributed by atoms with van der Waals surface area (Å²) < 4.78 is 9.86. The average molecular weight is 188 g/mol. The van der Waals surface area contributed by atoms with Gasteiger partial charge in [-0.1, -0.05) is 0 Å². The first-order valence-corrected chi connectivity index (χ1v) is 4.42. The molecule has 0 aromatic heterocycles. The molecule has 13 heavy (non-hydrogen) atoms. The van der Waals surface area contributed by atoms with Crippen LogP contribution in [0.2, 0.25) is 0 Å². The van der Waals surface area contributed by atoms with E-state index in [-0.39, 0.29) is 12.2 Å². The lowest BCUT2D eigenvalue weighted by Gasteiger charge is -2.11. The van der Waals surface area contributed by atoms with Crippen molar-refractivity contribution in [2.75, 3.05) is 33.4 Å². The first kappa shape index (κ1) is 10.3. The summed E-state index contributed by atoms with van der Waals surface area (Å²) in [6.45, 7) is 2.35. The molecule has 0 saturated carbocycles. The highest BCUT2D eigenvalue weighted by Gasteiger charge is 2.29. The van der Waals surface area contributed by atoms with Crippen molar-refractivity contribution in [1.82, 2.24) is 4.90 Å². The van der Waals surface area contributed by atoms with E-state index in [1.54, 1.807) is 12.0 Å². The molecule has 1 aliphatic heterocycles. The third kappa shape index (κ3) is 2.86. The summed E-state index contributed by atoms with van der Waals surface area (Å²) >= 11 is 0. The molecule has 1 heterocycles. The maximum absolute atomic E-state index is 11.1. The molecule has 1 atom stereocenters. The Labute approximate surface area is 77.8 Å². The van der Waals surface area contributed by atoms with Gasteiger partial charge in [-0.2, -0.15) is 0 Å². The lowest BCUT2D eigenvalue weighted by atomic mass is 10.3. The molecule has 0 aliphatic carbocycles. The van der Waals surface area contributed by atoms with Crippen LogP contribution in [-0.2, 0) is 9.47 Å². The number of ether oxygens (including phenoxy) is 2. The van der Waals surface area contributed by atoms with Gasteiger partial charge in [0.15, 0.2) is 0 Å². The molecule has 5 nitrogen and oxygen atoms in total. The Balaban J connectivity index is 2.23. The van der Waals surface area contributed by atoms with Crippen LogP contribution < -0.4 is 5.73 Å². The molecule has 1 rings (SSSR count). The second-order valence-corrected chi connectivity index (χ2v) is 3.03. The fourth-order valence-corrected chi connectivity index (χ4v) is 1.28. The average Bonchev–Trinajstić information content (AvgIpc) is 2.48. The summed E-state index contributed by atoms with van der Waals surface area (Å²) in [5.74, 6) is 0. The van der Waals surface area contributed by atoms with E-state index < -0.39 is 0 Å². The van der Waals surface area contributed by atoms with E-state index in [2.05, 4.69) is 0 Å². The molecular formula is C8H16N2O3. The molecule has 76 valence electrons. The van der Waals surface area contributed by atoms with Crippen LogP contribution in [0, 0.1) is 0 Å². The Hall–Kier alpha value is -0.810. The number of cyclic esters (lactones) is 1. The van der Waals surface area contributed by atoms with Gasteiger partial charge in [-0.3, -0.25) is 0 Å². The Morgan fingerprint density at radius 3 is 3.08 bits per heavy atom. The van der Waals surface area contributed by atoms with E-state index in [1.807, 2.05) is 0 Å². The van der Waals surface area contributed by atoms with Crippen LogP contribution in [0.1, 0.15) is 6.42 Å². The van der Waals surface area contributed by atoms with E-state index in [4.69, 9.17) is 15.2 Å². The molecule has 1 amide bonds. The van der Waals surface area contributed by atoms with Gasteiger partial charge in [-0.25, -0.2) is 4.79 Å². The Morgan fingerprint density at radius 2 is 2.54 bits per heavy atom. The van der Waals surface area contributed by atoms with Crippen molar-refractivity contribution in [3.8, 4) is 0 Å². The van der Waals surface area contributed by atoms with Crippen molar-refractivity contribution < 1.29 is 14.3 Å². The molecule has 1 unspecified atom stereocenters. The molecule has 0 aromatic carbocycles. The van der Waals surface area contributed by atoms with E-state index in [1.165, 1.54) is 0 Å². The fourth-order valence-electron chi connectivity index (χ4n) is 1.28. The number of amides is 1. The zero-order chi connectivity index (χ0) is 9.68. The molecule has 0 aromatic rings. The fraction of sp³-hybridized carbons (Fsp3) is 0.875. The normalized spacial score (nSPS) is 22.2. The number of nitrogens with two attached hydrogens (primary N) is 1. The maximum Gasteiger partial charge on any atom is 0.410 e. The lowest BCUT2D eigenvalue weighted by Crippen LogP contribution is -2.29. The number of hydrogen-bond donors (Lipinski definition) is 1. The van der Waals surface area contributed by atoms with Crippen molar-refractivity contribution in [3.05, 3.63) is 0 Å². The lowest BCUT2D eigenvalue weighted by molar-refractivity contribution is 0.132. The van der Waals surface area contributed by atoms with Gasteiger partial charge in [-0.05, 0) is 6.42 Å². The van der Waals surface area contributed by atoms with Crippen molar-refractivity contribution in [1.29, 1.82) is 0 Å². The largest absolute Gasteiger partial charge is 0.443 e. The van der Waals surface area contributed by atoms with Gasteiger partial charge < -0.3 is 20.1 Å². The van der Waals surface area contributed by atoms with E-state index in [0.29, 0.717) is 26.2 Å². The van der Waals surface area contributed by atoms with Gasteiger partial charge in [0.1, 0.15) is 6.10 Å². The SMILES string of the molecule is COCCCN1CC(CN)OC1=O. The molecule has 1 saturated heterocycles. The van der Waals surface area contributed by atoms with Gasteiger partial charge >= 0.3 is 6.09 Å². The highest BCUT2D eigenvalue weighted by Crippen LogP contribution is 2.10. The van der Waals surface area contributed by atoms with Gasteiger partial charge in [0.2, 0.25) is 0 Å². The summed E-state index contributed by atoms with van der Waals surface area (Å²) in [6.07, 6.45) is 0.449. The molecule has 0 spiro atoms. The molecular weight excluding hydrogens is 172 g/mol. The van der Waals surface area contributed by atoms with Crippen LogP contribution in [-0.4, -0.2) is 50.4 Å². The van der Waals surface area contributed by atoms with Gasteiger partial charge in [0.25, 0.3) is 0 Å². The smallest absolute Gasteiger partial charge is 0.410 e. The monoisotopic (exact) mass is 188 g/mol. The van der Waals surface area contributed by atoms with Gasteiger partial charge in [0.05, 0.1) is 6.54 Å². The Morgan fingerprint density at radius 1 is 1.77 bits per heavy atom. The number of rotatable bonds is 5. The minimum atomic E-state index is -0.258. The number of carbonyl (C=O) groups excluding carboxylic acids is 1. The third-order valence-electron chi connectivity index (χ3n) is 1.99. The highest BCUT2D eigenvalue weighted by molar-refractivity contribution is 5.69. The summed E-state index contributed by atoms with van der Waals surface area (Å²) in [5.41, 5.74) is 5.38. The van der Waals surface area contributed by atoms with Crippen LogP contribution >= 0.6 is 0 Å². The number of hydrogen-bond acceptors (Lipinski definition) is 4. The first-order chi connectivity index (χ1) is 6.27. The molecule has 1 fully saturated rings. The van der Waals surface area contributed by atoms with E-state index in [0.717, 1.165) is 6.42 Å². The van der Waals surface area contributed by atoms with Crippen LogP contribution in [0.15, 0.2) is 0 Å². The minimum Gasteiger partial charge on any atom is -0.443 e. The van der Waals surface area contributed by atoms with Gasteiger partial charge in [0, 0.05) is 26.8 Å². The molecule has 1 aliphatic rings. The number of methoxy groups -OCH3 is 1. The predicted molar refractivity (Wildman–Crippen MR) is 47.4 cm³/mol. The van der Waals surface area contributed by atoms with Crippen LogP contribution in [0.5, 0.6) is 0 Å². The summed E-state index contributed by atoms with van der Waals surface area (Å²) in [4.78, 5) is 12.8. The van der Waals surface area contributed by atoms with Crippen molar-refractivity contribution >= 4 is 6.09 Å².